The Morgan fingerprint density at radius 3 is 1.41 bits per heavy atom. The van der Waals surface area contributed by atoms with Crippen LogP contribution in [0.15, 0.2) is 30.3 Å². The van der Waals surface area contributed by atoms with Crippen LogP contribution in [0.2, 0.25) is 0 Å². The maximum atomic E-state index is 10.9. The summed E-state index contributed by atoms with van der Waals surface area (Å²) in [7, 11) is 0. The van der Waals surface area contributed by atoms with Gasteiger partial charge in [-0.1, -0.05) is 18.2 Å². The van der Waals surface area contributed by atoms with Crippen molar-refractivity contribution in [2.75, 3.05) is 19.6 Å². The van der Waals surface area contributed by atoms with Crippen LogP contribution in [0.4, 0.5) is 5.69 Å². The van der Waals surface area contributed by atoms with Crippen molar-refractivity contribution >= 4 is 23.6 Å². The molecule has 0 radical (unpaired) electrons. The Morgan fingerprint density at radius 2 is 1.09 bits per heavy atom. The van der Waals surface area contributed by atoms with Gasteiger partial charge < -0.3 is 15.3 Å². The SMILES string of the molecule is O=C(O)CC[N+](CCC(=O)O)(CCC(=O)O)c1ccccc1. The van der Waals surface area contributed by atoms with Crippen molar-refractivity contribution < 1.29 is 29.7 Å². The highest BCUT2D eigenvalue weighted by molar-refractivity contribution is 5.69. The number of hydrogen-bond donors (Lipinski definition) is 3. The number of nitrogens with zero attached hydrogens (tertiary/aromatic N) is 1. The third-order valence-corrected chi connectivity index (χ3v) is 3.57. The third kappa shape index (κ3) is 5.53. The molecule has 0 atom stereocenters. The summed E-state index contributed by atoms with van der Waals surface area (Å²) in [5, 5.41) is 26.8. The fourth-order valence-electron chi connectivity index (χ4n) is 2.40. The zero-order valence-electron chi connectivity index (χ0n) is 12.1. The van der Waals surface area contributed by atoms with E-state index in [0.29, 0.717) is 0 Å². The molecule has 22 heavy (non-hydrogen) atoms. The predicted octanol–water partition coefficient (Wildman–Crippen LogP) is 1.42. The zero-order chi connectivity index (χ0) is 16.6. The number of benzene rings is 1. The Balaban J connectivity index is 3.11. The van der Waals surface area contributed by atoms with E-state index in [1.54, 1.807) is 30.3 Å². The molecule has 0 saturated heterocycles. The van der Waals surface area contributed by atoms with E-state index < -0.39 is 17.9 Å². The van der Waals surface area contributed by atoms with Crippen molar-refractivity contribution in [3.63, 3.8) is 0 Å². The molecule has 0 aliphatic heterocycles. The van der Waals surface area contributed by atoms with Crippen LogP contribution in [0.1, 0.15) is 19.3 Å². The van der Waals surface area contributed by atoms with E-state index in [1.807, 2.05) is 0 Å². The smallest absolute Gasteiger partial charge is 0.309 e. The lowest BCUT2D eigenvalue weighted by Crippen LogP contribution is -2.53. The summed E-state index contributed by atoms with van der Waals surface area (Å²) in [5.74, 6) is -2.99. The molecular weight excluding hydrogens is 290 g/mol. The first-order valence-corrected chi connectivity index (χ1v) is 6.93. The number of quaternary nitrogens is 1. The van der Waals surface area contributed by atoms with E-state index in [1.165, 1.54) is 0 Å². The summed E-state index contributed by atoms with van der Waals surface area (Å²) in [6, 6.07) is 8.87. The maximum Gasteiger partial charge on any atom is 0.309 e. The van der Waals surface area contributed by atoms with Gasteiger partial charge in [0.2, 0.25) is 0 Å². The Bertz CT molecular complexity index is 483. The molecular formula is C15H20NO6+. The average Bonchev–Trinajstić information content (AvgIpc) is 2.47. The predicted molar refractivity (Wildman–Crippen MR) is 79.6 cm³/mol. The van der Waals surface area contributed by atoms with Crippen LogP contribution >= 0.6 is 0 Å². The first-order chi connectivity index (χ1) is 10.4. The van der Waals surface area contributed by atoms with Crippen molar-refractivity contribution in [3.8, 4) is 0 Å². The minimum absolute atomic E-state index is 0.0335. The largest absolute Gasteiger partial charge is 0.481 e. The Kier molecular flexibility index (Phi) is 6.52. The highest BCUT2D eigenvalue weighted by Gasteiger charge is 2.32. The van der Waals surface area contributed by atoms with Gasteiger partial charge >= 0.3 is 17.9 Å². The molecule has 0 heterocycles. The average molecular weight is 310 g/mol. The second kappa shape index (κ2) is 8.14. The van der Waals surface area contributed by atoms with Gasteiger partial charge in [-0.2, -0.15) is 0 Å². The lowest BCUT2D eigenvalue weighted by Gasteiger charge is -2.37. The van der Waals surface area contributed by atoms with E-state index >= 15 is 0 Å². The van der Waals surface area contributed by atoms with E-state index in [9.17, 15) is 14.4 Å². The van der Waals surface area contributed by atoms with Gasteiger partial charge in [-0.3, -0.25) is 18.9 Å². The van der Waals surface area contributed by atoms with Crippen molar-refractivity contribution in [1.29, 1.82) is 0 Å². The second-order valence-electron chi connectivity index (χ2n) is 5.08. The number of carboxylic acid groups (broad SMARTS) is 3. The van der Waals surface area contributed by atoms with Gasteiger partial charge in [0.05, 0.1) is 38.9 Å². The molecule has 0 unspecified atom stereocenters. The van der Waals surface area contributed by atoms with Crippen LogP contribution in [-0.2, 0) is 14.4 Å². The molecule has 0 fully saturated rings. The topological polar surface area (TPSA) is 112 Å². The minimum atomic E-state index is -0.996. The standard InChI is InChI=1S/C15H19NO6/c17-13(18)6-9-16(10-7-14(19)20,11-8-15(21)22)12-4-2-1-3-5-12/h1-5H,6-11H2,(H2-,17,18,19,20,21,22)/p+1. The molecule has 1 aromatic rings. The normalized spacial score (nSPS) is 11.1. The molecule has 1 rings (SSSR count). The fourth-order valence-corrected chi connectivity index (χ4v) is 2.40. The van der Waals surface area contributed by atoms with Crippen LogP contribution in [0.25, 0.3) is 0 Å². The molecule has 0 aliphatic carbocycles. The fraction of sp³-hybridized carbons (Fsp3) is 0.400. The zero-order valence-corrected chi connectivity index (χ0v) is 12.1. The molecule has 0 bridgehead atoms. The molecule has 7 heteroatoms. The third-order valence-electron chi connectivity index (χ3n) is 3.57. The summed E-state index contributed by atoms with van der Waals surface area (Å²) < 4.78 is 0.0335. The number of aliphatic carboxylic acids is 3. The number of hydrogen-bond acceptors (Lipinski definition) is 3. The van der Waals surface area contributed by atoms with E-state index in [0.717, 1.165) is 5.69 Å². The van der Waals surface area contributed by atoms with E-state index in [2.05, 4.69) is 0 Å². The molecule has 0 amide bonds. The monoisotopic (exact) mass is 310 g/mol. The Labute approximate surface area is 128 Å². The van der Waals surface area contributed by atoms with Gasteiger partial charge in [0.25, 0.3) is 0 Å². The summed E-state index contributed by atoms with van der Waals surface area (Å²) >= 11 is 0. The van der Waals surface area contributed by atoms with Crippen LogP contribution in [0, 0.1) is 0 Å². The van der Waals surface area contributed by atoms with Gasteiger partial charge in [0.1, 0.15) is 5.69 Å². The first-order valence-electron chi connectivity index (χ1n) is 6.93. The van der Waals surface area contributed by atoms with Gasteiger partial charge in [-0.05, 0) is 12.1 Å². The summed E-state index contributed by atoms with van der Waals surface area (Å²) in [6.45, 7) is 0.458. The molecule has 3 N–H and O–H groups in total. The van der Waals surface area contributed by atoms with Gasteiger partial charge in [0, 0.05) is 0 Å². The number of carbonyl (C=O) groups is 3. The highest BCUT2D eigenvalue weighted by Crippen LogP contribution is 2.25. The lowest BCUT2D eigenvalue weighted by atomic mass is 10.1. The summed E-state index contributed by atoms with van der Waals surface area (Å²) in [4.78, 5) is 32.7. The molecule has 0 saturated carbocycles. The molecule has 0 aromatic heterocycles. The molecule has 0 spiro atoms. The Hall–Kier alpha value is -2.41. The van der Waals surface area contributed by atoms with Crippen molar-refractivity contribution in [2.45, 2.75) is 19.3 Å². The van der Waals surface area contributed by atoms with E-state index in [-0.39, 0.29) is 43.4 Å². The number of carboxylic acids is 3. The van der Waals surface area contributed by atoms with Crippen molar-refractivity contribution in [3.05, 3.63) is 30.3 Å². The van der Waals surface area contributed by atoms with Gasteiger partial charge in [0.15, 0.2) is 0 Å². The molecule has 7 nitrogen and oxygen atoms in total. The quantitative estimate of drug-likeness (QED) is 0.563. The van der Waals surface area contributed by atoms with Gasteiger partial charge in [-0.15, -0.1) is 0 Å². The highest BCUT2D eigenvalue weighted by atomic mass is 16.4. The number of para-hydroxylation sites is 1. The Morgan fingerprint density at radius 1 is 0.727 bits per heavy atom. The second-order valence-corrected chi connectivity index (χ2v) is 5.08. The van der Waals surface area contributed by atoms with Crippen LogP contribution in [0.5, 0.6) is 0 Å². The van der Waals surface area contributed by atoms with Crippen LogP contribution < -0.4 is 4.48 Å². The van der Waals surface area contributed by atoms with Crippen LogP contribution in [0.3, 0.4) is 0 Å². The lowest BCUT2D eigenvalue weighted by molar-refractivity contribution is -0.137. The first kappa shape index (κ1) is 17.6. The molecule has 1 aromatic carbocycles. The molecule has 120 valence electrons. The maximum absolute atomic E-state index is 10.9. The van der Waals surface area contributed by atoms with Gasteiger partial charge in [-0.25, -0.2) is 0 Å². The van der Waals surface area contributed by atoms with E-state index in [4.69, 9.17) is 15.3 Å². The minimum Gasteiger partial charge on any atom is -0.481 e. The summed E-state index contributed by atoms with van der Waals surface area (Å²) in [5.41, 5.74) is 0.728. The van der Waals surface area contributed by atoms with Crippen LogP contribution in [-0.4, -0.2) is 52.9 Å². The molecule has 0 aliphatic rings. The van der Waals surface area contributed by atoms with Crippen molar-refractivity contribution in [1.82, 2.24) is 4.48 Å². The van der Waals surface area contributed by atoms with Crippen molar-refractivity contribution in [2.24, 2.45) is 0 Å². The number of rotatable bonds is 10. The summed E-state index contributed by atoms with van der Waals surface area (Å²) in [6.07, 6.45) is -0.476.